The fourth-order valence-electron chi connectivity index (χ4n) is 1.12. The molecule has 14 heavy (non-hydrogen) atoms. The molecule has 1 aromatic heterocycles. The summed E-state index contributed by atoms with van der Waals surface area (Å²) in [6.45, 7) is 6.53. The van der Waals surface area contributed by atoms with Crippen LogP contribution in [-0.2, 0) is 0 Å². The highest BCUT2D eigenvalue weighted by Gasteiger charge is 2.10. The van der Waals surface area contributed by atoms with Gasteiger partial charge in [-0.05, 0) is 25.0 Å². The molecule has 2 unspecified atom stereocenters. The van der Waals surface area contributed by atoms with Gasteiger partial charge >= 0.3 is 0 Å². The smallest absolute Gasteiger partial charge is 0.151 e. The molecule has 0 aromatic carbocycles. The Morgan fingerprint density at radius 1 is 1.36 bits per heavy atom. The van der Waals surface area contributed by atoms with Gasteiger partial charge < -0.3 is 5.32 Å². The van der Waals surface area contributed by atoms with E-state index in [9.17, 15) is 0 Å². The number of hydrogen-bond acceptors (Lipinski definition) is 3. The lowest BCUT2D eigenvalue weighted by Gasteiger charge is -2.19. The average molecular weight is 214 g/mol. The van der Waals surface area contributed by atoms with Crippen LogP contribution in [0.15, 0.2) is 12.1 Å². The van der Waals surface area contributed by atoms with Gasteiger partial charge in [-0.2, -0.15) is 0 Å². The first-order chi connectivity index (χ1) is 6.63. The Hall–Kier alpha value is -0.830. The SMILES string of the molecule is CCC(C)C(C)Nc1ccc(Cl)nn1. The molecule has 0 aliphatic carbocycles. The van der Waals surface area contributed by atoms with E-state index in [1.165, 1.54) is 0 Å². The lowest BCUT2D eigenvalue weighted by molar-refractivity contribution is 0.493. The Labute approximate surface area is 89.9 Å². The summed E-state index contributed by atoms with van der Waals surface area (Å²) in [6.07, 6.45) is 1.15. The van der Waals surface area contributed by atoms with Crippen LogP contribution in [0.2, 0.25) is 5.15 Å². The quantitative estimate of drug-likeness (QED) is 0.836. The molecule has 4 heteroatoms. The van der Waals surface area contributed by atoms with Crippen LogP contribution in [0.4, 0.5) is 5.82 Å². The van der Waals surface area contributed by atoms with Gasteiger partial charge in [0.2, 0.25) is 0 Å². The van der Waals surface area contributed by atoms with Gasteiger partial charge in [0.15, 0.2) is 5.15 Å². The van der Waals surface area contributed by atoms with Crippen LogP contribution in [-0.4, -0.2) is 16.2 Å². The average Bonchev–Trinajstić information content (AvgIpc) is 2.20. The van der Waals surface area contributed by atoms with E-state index in [0.29, 0.717) is 17.1 Å². The van der Waals surface area contributed by atoms with Gasteiger partial charge in [-0.1, -0.05) is 31.9 Å². The number of anilines is 1. The van der Waals surface area contributed by atoms with Crippen LogP contribution in [0, 0.1) is 5.92 Å². The van der Waals surface area contributed by atoms with E-state index in [1.54, 1.807) is 6.07 Å². The second kappa shape index (κ2) is 5.15. The lowest BCUT2D eigenvalue weighted by atomic mass is 10.0. The highest BCUT2D eigenvalue weighted by Crippen LogP contribution is 2.13. The first-order valence-electron chi connectivity index (χ1n) is 4.89. The predicted octanol–water partition coefficient (Wildman–Crippen LogP) is 2.98. The van der Waals surface area contributed by atoms with Gasteiger partial charge in [0.25, 0.3) is 0 Å². The van der Waals surface area contributed by atoms with Crippen molar-refractivity contribution in [2.24, 2.45) is 5.92 Å². The molecule has 3 nitrogen and oxygen atoms in total. The molecule has 0 aliphatic heterocycles. The second-order valence-corrected chi connectivity index (χ2v) is 3.95. The maximum atomic E-state index is 5.64. The molecule has 0 saturated heterocycles. The largest absolute Gasteiger partial charge is 0.366 e. The van der Waals surface area contributed by atoms with Gasteiger partial charge in [0, 0.05) is 6.04 Å². The number of nitrogens with one attached hydrogen (secondary N) is 1. The van der Waals surface area contributed by atoms with Gasteiger partial charge in [-0.25, -0.2) is 0 Å². The minimum Gasteiger partial charge on any atom is -0.366 e. The summed E-state index contributed by atoms with van der Waals surface area (Å²) in [4.78, 5) is 0. The van der Waals surface area contributed by atoms with E-state index in [1.807, 2.05) is 6.07 Å². The van der Waals surface area contributed by atoms with Crippen molar-refractivity contribution >= 4 is 17.4 Å². The van der Waals surface area contributed by atoms with E-state index < -0.39 is 0 Å². The minimum atomic E-state index is 0.399. The monoisotopic (exact) mass is 213 g/mol. The van der Waals surface area contributed by atoms with Crippen molar-refractivity contribution < 1.29 is 0 Å². The normalized spacial score (nSPS) is 14.9. The summed E-state index contributed by atoms with van der Waals surface area (Å²) in [5.74, 6) is 1.40. The molecule has 0 spiro atoms. The van der Waals surface area contributed by atoms with Gasteiger partial charge in [0.05, 0.1) is 0 Å². The first-order valence-corrected chi connectivity index (χ1v) is 5.27. The summed E-state index contributed by atoms with van der Waals surface area (Å²) < 4.78 is 0. The van der Waals surface area contributed by atoms with E-state index in [4.69, 9.17) is 11.6 Å². The van der Waals surface area contributed by atoms with Gasteiger partial charge in [0.1, 0.15) is 5.82 Å². The van der Waals surface area contributed by atoms with Crippen LogP contribution >= 0.6 is 11.6 Å². The molecule has 0 bridgehead atoms. The van der Waals surface area contributed by atoms with E-state index >= 15 is 0 Å². The summed E-state index contributed by atoms with van der Waals surface area (Å²) >= 11 is 5.64. The number of nitrogens with zero attached hydrogens (tertiary/aromatic N) is 2. The third kappa shape index (κ3) is 3.14. The van der Waals surface area contributed by atoms with Crippen molar-refractivity contribution in [2.45, 2.75) is 33.2 Å². The van der Waals surface area contributed by atoms with Crippen LogP contribution in [0.1, 0.15) is 27.2 Å². The van der Waals surface area contributed by atoms with Crippen LogP contribution in [0.25, 0.3) is 0 Å². The molecular weight excluding hydrogens is 198 g/mol. The fraction of sp³-hybridized carbons (Fsp3) is 0.600. The minimum absolute atomic E-state index is 0.399. The van der Waals surface area contributed by atoms with Crippen molar-refractivity contribution in [3.05, 3.63) is 17.3 Å². The predicted molar refractivity (Wildman–Crippen MR) is 59.6 cm³/mol. The molecule has 0 fully saturated rings. The van der Waals surface area contributed by atoms with E-state index in [0.717, 1.165) is 12.2 Å². The third-order valence-electron chi connectivity index (χ3n) is 2.51. The zero-order valence-electron chi connectivity index (χ0n) is 8.79. The standard InChI is InChI=1S/C10H16ClN3/c1-4-7(2)8(3)12-10-6-5-9(11)13-14-10/h5-8H,4H2,1-3H3,(H,12,14). The van der Waals surface area contributed by atoms with E-state index in [2.05, 4.69) is 36.3 Å². The molecule has 0 radical (unpaired) electrons. The Morgan fingerprint density at radius 3 is 2.57 bits per heavy atom. The molecule has 0 aliphatic rings. The fourth-order valence-corrected chi connectivity index (χ4v) is 1.22. The number of aromatic nitrogens is 2. The topological polar surface area (TPSA) is 37.8 Å². The van der Waals surface area contributed by atoms with Crippen molar-refractivity contribution in [3.8, 4) is 0 Å². The van der Waals surface area contributed by atoms with Gasteiger partial charge in [-0.15, -0.1) is 10.2 Å². The van der Waals surface area contributed by atoms with E-state index in [-0.39, 0.29) is 0 Å². The lowest BCUT2D eigenvalue weighted by Crippen LogP contribution is -2.23. The summed E-state index contributed by atoms with van der Waals surface area (Å²) in [5.41, 5.74) is 0. The Kier molecular flexibility index (Phi) is 4.14. The second-order valence-electron chi connectivity index (χ2n) is 3.56. The molecule has 0 amide bonds. The van der Waals surface area contributed by atoms with Crippen molar-refractivity contribution in [1.82, 2.24) is 10.2 Å². The van der Waals surface area contributed by atoms with Crippen LogP contribution in [0.3, 0.4) is 0 Å². The zero-order valence-corrected chi connectivity index (χ0v) is 9.54. The highest BCUT2D eigenvalue weighted by molar-refractivity contribution is 6.29. The molecule has 1 heterocycles. The number of rotatable bonds is 4. The Balaban J connectivity index is 2.56. The maximum absolute atomic E-state index is 5.64. The molecular formula is C10H16ClN3. The molecule has 1 rings (SSSR count). The van der Waals surface area contributed by atoms with Crippen molar-refractivity contribution in [2.75, 3.05) is 5.32 Å². The molecule has 1 aromatic rings. The maximum Gasteiger partial charge on any atom is 0.151 e. The van der Waals surface area contributed by atoms with Crippen LogP contribution < -0.4 is 5.32 Å². The molecule has 1 N–H and O–H groups in total. The van der Waals surface area contributed by atoms with Crippen molar-refractivity contribution in [3.63, 3.8) is 0 Å². The van der Waals surface area contributed by atoms with Crippen LogP contribution in [0.5, 0.6) is 0 Å². The third-order valence-corrected chi connectivity index (χ3v) is 2.71. The molecule has 78 valence electrons. The Bertz CT molecular complexity index is 273. The van der Waals surface area contributed by atoms with Crippen molar-refractivity contribution in [1.29, 1.82) is 0 Å². The first kappa shape index (κ1) is 11.2. The zero-order chi connectivity index (χ0) is 10.6. The highest BCUT2D eigenvalue weighted by atomic mass is 35.5. The number of halogens is 1. The number of hydrogen-bond donors (Lipinski definition) is 1. The van der Waals surface area contributed by atoms with Gasteiger partial charge in [-0.3, -0.25) is 0 Å². The summed E-state index contributed by atoms with van der Waals surface area (Å²) in [7, 11) is 0. The molecule has 0 saturated carbocycles. The summed E-state index contributed by atoms with van der Waals surface area (Å²) in [6, 6.07) is 3.98. The summed E-state index contributed by atoms with van der Waals surface area (Å²) in [5, 5.41) is 11.4. The Morgan fingerprint density at radius 2 is 2.07 bits per heavy atom. The molecule has 2 atom stereocenters.